The maximum atomic E-state index is 12.2. The van der Waals surface area contributed by atoms with Gasteiger partial charge in [-0.1, -0.05) is 42.5 Å². The molecule has 1 unspecified atom stereocenters. The van der Waals surface area contributed by atoms with Crippen LogP contribution in [0.2, 0.25) is 0 Å². The second-order valence-corrected chi connectivity index (χ2v) is 6.00. The number of methoxy groups -OCH3 is 1. The van der Waals surface area contributed by atoms with Gasteiger partial charge in [0.15, 0.2) is 0 Å². The normalized spacial score (nSPS) is 11.4. The third kappa shape index (κ3) is 6.84. The maximum absolute atomic E-state index is 12.2. The largest absolute Gasteiger partial charge is 0.497 e. The summed E-state index contributed by atoms with van der Waals surface area (Å²) in [5.74, 6) is -0.144. The van der Waals surface area contributed by atoms with Crippen LogP contribution >= 0.6 is 0 Å². The number of ether oxygens (including phenoxy) is 1. The molecular weight excluding hydrogens is 332 g/mol. The molecule has 0 radical (unpaired) electrons. The zero-order valence-corrected chi connectivity index (χ0v) is 14.8. The Bertz CT molecular complexity index is 719. The molecule has 0 fully saturated rings. The fourth-order valence-corrected chi connectivity index (χ4v) is 2.62. The van der Waals surface area contributed by atoms with Gasteiger partial charge in [0.05, 0.1) is 7.11 Å². The number of carboxylic acid groups (broad SMARTS) is 1. The minimum Gasteiger partial charge on any atom is -0.497 e. The Morgan fingerprint density at radius 2 is 1.81 bits per heavy atom. The van der Waals surface area contributed by atoms with E-state index in [0.29, 0.717) is 19.4 Å². The quantitative estimate of drug-likeness (QED) is 0.645. The molecule has 0 spiro atoms. The summed E-state index contributed by atoms with van der Waals surface area (Å²) < 4.78 is 5.16. The van der Waals surface area contributed by atoms with Crippen molar-refractivity contribution >= 4 is 12.0 Å². The molecule has 0 aliphatic rings. The molecule has 0 aromatic heterocycles. The zero-order valence-electron chi connectivity index (χ0n) is 14.8. The van der Waals surface area contributed by atoms with Crippen LogP contribution in [0.1, 0.15) is 24.0 Å². The monoisotopic (exact) mass is 356 g/mol. The Morgan fingerprint density at radius 1 is 1.08 bits per heavy atom. The number of carbonyl (C=O) groups is 2. The van der Waals surface area contributed by atoms with E-state index in [0.717, 1.165) is 16.9 Å². The second-order valence-electron chi connectivity index (χ2n) is 6.00. The summed E-state index contributed by atoms with van der Waals surface area (Å²) in [5, 5.41) is 14.6. The summed E-state index contributed by atoms with van der Waals surface area (Å²) in [5.41, 5.74) is 1.97. The molecule has 2 rings (SSSR count). The van der Waals surface area contributed by atoms with Gasteiger partial charge in [0.25, 0.3) is 0 Å². The highest BCUT2D eigenvalue weighted by molar-refractivity contribution is 5.74. The van der Waals surface area contributed by atoms with Gasteiger partial charge >= 0.3 is 12.0 Å². The number of carboxylic acids is 1. The van der Waals surface area contributed by atoms with Crippen molar-refractivity contribution in [2.75, 3.05) is 7.11 Å². The van der Waals surface area contributed by atoms with Crippen LogP contribution in [0.3, 0.4) is 0 Å². The number of carbonyl (C=O) groups excluding carboxylic acids is 1. The molecule has 6 heteroatoms. The number of nitrogens with one attached hydrogen (secondary N) is 2. The van der Waals surface area contributed by atoms with E-state index in [1.807, 2.05) is 54.6 Å². The minimum absolute atomic E-state index is 0.00760. The average Bonchev–Trinajstić information content (AvgIpc) is 2.65. The molecule has 138 valence electrons. The molecule has 0 saturated carbocycles. The number of hydrogen-bond donors (Lipinski definition) is 3. The summed E-state index contributed by atoms with van der Waals surface area (Å²) in [6.45, 7) is 0.361. The van der Waals surface area contributed by atoms with E-state index in [2.05, 4.69) is 10.6 Å². The third-order valence-electron chi connectivity index (χ3n) is 3.95. The molecule has 0 aliphatic carbocycles. The van der Waals surface area contributed by atoms with Crippen molar-refractivity contribution in [2.45, 2.75) is 31.8 Å². The van der Waals surface area contributed by atoms with Crippen molar-refractivity contribution in [2.24, 2.45) is 0 Å². The van der Waals surface area contributed by atoms with Gasteiger partial charge in [-0.2, -0.15) is 0 Å². The zero-order chi connectivity index (χ0) is 18.8. The first-order valence-electron chi connectivity index (χ1n) is 8.50. The van der Waals surface area contributed by atoms with E-state index >= 15 is 0 Å². The molecule has 0 heterocycles. The first-order chi connectivity index (χ1) is 12.6. The van der Waals surface area contributed by atoms with Crippen LogP contribution in [0, 0.1) is 0 Å². The summed E-state index contributed by atoms with van der Waals surface area (Å²) in [4.78, 5) is 23.1. The van der Waals surface area contributed by atoms with Gasteiger partial charge < -0.3 is 20.5 Å². The molecule has 0 bridgehead atoms. The molecule has 2 aromatic rings. The van der Waals surface area contributed by atoms with Gasteiger partial charge in [-0.25, -0.2) is 4.79 Å². The molecule has 0 saturated heterocycles. The van der Waals surface area contributed by atoms with Crippen molar-refractivity contribution in [1.82, 2.24) is 10.6 Å². The van der Waals surface area contributed by atoms with E-state index in [-0.39, 0.29) is 18.5 Å². The highest BCUT2D eigenvalue weighted by Crippen LogP contribution is 2.12. The number of urea groups is 1. The van der Waals surface area contributed by atoms with Gasteiger partial charge in [0, 0.05) is 19.0 Å². The van der Waals surface area contributed by atoms with Crippen LogP contribution in [0.4, 0.5) is 4.79 Å². The Labute approximate surface area is 153 Å². The van der Waals surface area contributed by atoms with Gasteiger partial charge in [-0.15, -0.1) is 0 Å². The van der Waals surface area contributed by atoms with E-state index < -0.39 is 5.97 Å². The summed E-state index contributed by atoms with van der Waals surface area (Å²) in [7, 11) is 1.59. The average molecular weight is 356 g/mol. The van der Waals surface area contributed by atoms with Gasteiger partial charge in [-0.3, -0.25) is 4.79 Å². The van der Waals surface area contributed by atoms with Crippen molar-refractivity contribution < 1.29 is 19.4 Å². The molecule has 2 amide bonds. The first kappa shape index (κ1) is 19.3. The molecule has 0 aliphatic heterocycles. The Morgan fingerprint density at radius 3 is 2.50 bits per heavy atom. The van der Waals surface area contributed by atoms with E-state index in [9.17, 15) is 9.59 Å². The maximum Gasteiger partial charge on any atom is 0.315 e. The number of rotatable bonds is 9. The third-order valence-corrected chi connectivity index (χ3v) is 3.95. The lowest BCUT2D eigenvalue weighted by molar-refractivity contribution is -0.137. The molecule has 3 N–H and O–H groups in total. The van der Waals surface area contributed by atoms with Crippen LogP contribution in [0.25, 0.3) is 0 Å². The van der Waals surface area contributed by atoms with Gasteiger partial charge in [0.1, 0.15) is 5.75 Å². The summed E-state index contributed by atoms with van der Waals surface area (Å²) in [6.07, 6.45) is 0.963. The van der Waals surface area contributed by atoms with E-state index in [4.69, 9.17) is 9.84 Å². The van der Waals surface area contributed by atoms with Crippen molar-refractivity contribution in [3.63, 3.8) is 0 Å². The number of aliphatic carboxylic acids is 1. The van der Waals surface area contributed by atoms with Crippen molar-refractivity contribution in [3.8, 4) is 5.75 Å². The standard InChI is InChI=1S/C20H24N2O4/c1-26-18-9-5-8-16(13-18)14-21-20(25)22-17(10-11-19(23)24)12-15-6-3-2-4-7-15/h2-9,13,17H,10-12,14H2,1H3,(H,23,24)(H2,21,22,25). The van der Waals surface area contributed by atoms with Gasteiger partial charge in [-0.05, 0) is 36.1 Å². The lowest BCUT2D eigenvalue weighted by Gasteiger charge is -2.19. The van der Waals surface area contributed by atoms with Crippen molar-refractivity contribution in [1.29, 1.82) is 0 Å². The fourth-order valence-electron chi connectivity index (χ4n) is 2.62. The molecular formula is C20H24N2O4. The topological polar surface area (TPSA) is 87.7 Å². The Balaban J connectivity index is 1.90. The molecule has 2 aromatic carbocycles. The summed E-state index contributed by atoms with van der Waals surface area (Å²) in [6, 6.07) is 16.6. The smallest absolute Gasteiger partial charge is 0.315 e. The second kappa shape index (κ2) is 10.1. The molecule has 6 nitrogen and oxygen atoms in total. The van der Waals surface area contributed by atoms with Crippen LogP contribution < -0.4 is 15.4 Å². The van der Waals surface area contributed by atoms with Gasteiger partial charge in [0.2, 0.25) is 0 Å². The Kier molecular flexibility index (Phi) is 7.49. The van der Waals surface area contributed by atoms with Crippen molar-refractivity contribution in [3.05, 3.63) is 65.7 Å². The minimum atomic E-state index is -0.873. The highest BCUT2D eigenvalue weighted by Gasteiger charge is 2.14. The number of hydrogen-bond acceptors (Lipinski definition) is 3. The first-order valence-corrected chi connectivity index (χ1v) is 8.50. The SMILES string of the molecule is COc1cccc(CNC(=O)NC(CCC(=O)O)Cc2ccccc2)c1. The molecule has 26 heavy (non-hydrogen) atoms. The summed E-state index contributed by atoms with van der Waals surface area (Å²) >= 11 is 0. The van der Waals surface area contributed by atoms with Crippen LogP contribution in [-0.2, 0) is 17.8 Å². The van der Waals surface area contributed by atoms with Crippen LogP contribution in [-0.4, -0.2) is 30.3 Å². The molecule has 1 atom stereocenters. The van der Waals surface area contributed by atoms with Crippen LogP contribution in [0.15, 0.2) is 54.6 Å². The number of amides is 2. The number of benzene rings is 2. The predicted molar refractivity (Wildman–Crippen MR) is 99.2 cm³/mol. The van der Waals surface area contributed by atoms with E-state index in [1.54, 1.807) is 7.11 Å². The van der Waals surface area contributed by atoms with Crippen LogP contribution in [0.5, 0.6) is 5.75 Å². The Hall–Kier alpha value is -3.02. The van der Waals surface area contributed by atoms with E-state index in [1.165, 1.54) is 0 Å². The fraction of sp³-hybridized carbons (Fsp3) is 0.300. The lowest BCUT2D eigenvalue weighted by atomic mass is 10.0. The lowest BCUT2D eigenvalue weighted by Crippen LogP contribution is -2.43. The highest BCUT2D eigenvalue weighted by atomic mass is 16.5. The predicted octanol–water partition coefficient (Wildman–Crippen LogP) is 2.97.